The number of carbonyl (C=O) groups excluding carboxylic acids is 2. The van der Waals surface area contributed by atoms with Gasteiger partial charge >= 0.3 is 0 Å². The van der Waals surface area contributed by atoms with Crippen LogP contribution in [-0.4, -0.2) is 32.5 Å². The van der Waals surface area contributed by atoms with Crippen LogP contribution in [0.15, 0.2) is 36.0 Å². The lowest BCUT2D eigenvalue weighted by Gasteiger charge is -2.13. The molecule has 0 atom stereocenters. The number of carbonyl (C=O) groups is 2. The minimum atomic E-state index is -0.375. The van der Waals surface area contributed by atoms with Crippen molar-refractivity contribution in [2.75, 3.05) is 10.6 Å². The minimum absolute atomic E-state index is 0.0585. The van der Waals surface area contributed by atoms with Gasteiger partial charge in [0.25, 0.3) is 5.91 Å². The largest absolute Gasteiger partial charge is 0.367 e. The van der Waals surface area contributed by atoms with Crippen molar-refractivity contribution in [3.63, 3.8) is 0 Å². The highest BCUT2D eigenvalue weighted by molar-refractivity contribution is 6.30. The molecule has 1 aromatic carbocycles. The lowest BCUT2D eigenvalue weighted by molar-refractivity contribution is -0.124. The van der Waals surface area contributed by atoms with Crippen LogP contribution in [-0.2, 0) is 9.59 Å². The minimum Gasteiger partial charge on any atom is -0.367 e. The van der Waals surface area contributed by atoms with E-state index < -0.39 is 0 Å². The van der Waals surface area contributed by atoms with E-state index in [1.54, 1.807) is 16.8 Å². The van der Waals surface area contributed by atoms with Gasteiger partial charge in [-0.2, -0.15) is 9.61 Å². The second-order valence-corrected chi connectivity index (χ2v) is 8.02. The van der Waals surface area contributed by atoms with E-state index in [9.17, 15) is 9.59 Å². The van der Waals surface area contributed by atoms with Crippen molar-refractivity contribution in [1.29, 1.82) is 0 Å². The highest BCUT2D eigenvalue weighted by atomic mass is 35.5. The highest BCUT2D eigenvalue weighted by Crippen LogP contribution is 2.30. The number of hydrogen-bond donors (Lipinski definition) is 3. The average Bonchev–Trinajstić information content (AvgIpc) is 3.34. The molecule has 8 nitrogen and oxygen atoms in total. The molecule has 152 valence electrons. The molecule has 3 aromatic rings. The predicted molar refractivity (Wildman–Crippen MR) is 115 cm³/mol. The van der Waals surface area contributed by atoms with Crippen LogP contribution in [0.4, 0.5) is 17.3 Å². The molecule has 1 aliphatic heterocycles. The second kappa shape index (κ2) is 7.14. The molecule has 5 rings (SSSR count). The number of aryl methyl sites for hydroxylation is 1. The van der Waals surface area contributed by atoms with Crippen LogP contribution >= 0.6 is 11.6 Å². The highest BCUT2D eigenvalue weighted by Gasteiger charge is 2.25. The van der Waals surface area contributed by atoms with Crippen LogP contribution < -0.4 is 16.0 Å². The molecule has 0 radical (unpaired) electrons. The predicted octanol–water partition coefficient (Wildman–Crippen LogP) is 3.44. The fourth-order valence-corrected chi connectivity index (χ4v) is 3.53. The SMILES string of the molecule is Cc1ccc(Cl)cc1Nc1cc(NC2CC2)n2ncc(/C=C3\CC(=O)NC3=O)c2n1. The number of rotatable bonds is 5. The van der Waals surface area contributed by atoms with Gasteiger partial charge in [-0.15, -0.1) is 0 Å². The molecule has 0 unspecified atom stereocenters. The van der Waals surface area contributed by atoms with Crippen molar-refractivity contribution in [2.45, 2.75) is 32.2 Å². The van der Waals surface area contributed by atoms with E-state index in [0.717, 1.165) is 29.9 Å². The normalized spacial score (nSPS) is 17.6. The summed E-state index contributed by atoms with van der Waals surface area (Å²) >= 11 is 6.15. The fraction of sp³-hybridized carbons (Fsp3) is 0.238. The molecule has 1 aliphatic carbocycles. The van der Waals surface area contributed by atoms with Crippen molar-refractivity contribution in [1.82, 2.24) is 19.9 Å². The first-order chi connectivity index (χ1) is 14.5. The molecule has 2 amide bonds. The summed E-state index contributed by atoms with van der Waals surface area (Å²) in [5, 5.41) is 14.2. The fourth-order valence-electron chi connectivity index (χ4n) is 3.36. The average molecular weight is 423 g/mol. The first kappa shape index (κ1) is 18.6. The van der Waals surface area contributed by atoms with Gasteiger partial charge in [-0.05, 0) is 43.5 Å². The number of nitrogens with one attached hydrogen (secondary N) is 3. The second-order valence-electron chi connectivity index (χ2n) is 7.59. The molecule has 3 N–H and O–H groups in total. The molecule has 9 heteroatoms. The van der Waals surface area contributed by atoms with Gasteiger partial charge in [0.15, 0.2) is 5.65 Å². The Labute approximate surface area is 177 Å². The van der Waals surface area contributed by atoms with Gasteiger partial charge in [0.2, 0.25) is 5.91 Å². The summed E-state index contributed by atoms with van der Waals surface area (Å²) in [6, 6.07) is 7.96. The maximum absolute atomic E-state index is 12.0. The third kappa shape index (κ3) is 3.61. The number of nitrogens with zero attached hydrogens (tertiary/aromatic N) is 3. The number of halogens is 1. The van der Waals surface area contributed by atoms with Crippen LogP contribution in [0.5, 0.6) is 0 Å². The molecular formula is C21H19ClN6O2. The Kier molecular flexibility index (Phi) is 4.43. The van der Waals surface area contributed by atoms with Crippen molar-refractivity contribution >= 4 is 52.5 Å². The van der Waals surface area contributed by atoms with E-state index >= 15 is 0 Å². The Hall–Kier alpha value is -3.39. The maximum Gasteiger partial charge on any atom is 0.254 e. The number of hydrogen-bond acceptors (Lipinski definition) is 6. The van der Waals surface area contributed by atoms with Crippen molar-refractivity contribution in [2.24, 2.45) is 0 Å². The van der Waals surface area contributed by atoms with E-state index in [2.05, 4.69) is 21.0 Å². The lowest BCUT2D eigenvalue weighted by Crippen LogP contribution is -2.19. The van der Waals surface area contributed by atoms with Gasteiger partial charge < -0.3 is 10.6 Å². The van der Waals surface area contributed by atoms with Crippen LogP contribution in [0.3, 0.4) is 0 Å². The Morgan fingerprint density at radius 2 is 2.10 bits per heavy atom. The molecule has 1 saturated carbocycles. The molecule has 0 bridgehead atoms. The van der Waals surface area contributed by atoms with Gasteiger partial charge in [-0.1, -0.05) is 17.7 Å². The summed E-state index contributed by atoms with van der Waals surface area (Å²) in [7, 11) is 0. The molecule has 2 aromatic heterocycles. The van der Waals surface area contributed by atoms with Gasteiger partial charge in [0.1, 0.15) is 11.6 Å². The quantitative estimate of drug-likeness (QED) is 0.430. The number of anilines is 3. The first-order valence-corrected chi connectivity index (χ1v) is 10.1. The lowest BCUT2D eigenvalue weighted by atomic mass is 10.1. The molecule has 0 spiro atoms. The van der Waals surface area contributed by atoms with E-state index in [1.165, 1.54) is 0 Å². The third-order valence-electron chi connectivity index (χ3n) is 5.12. The summed E-state index contributed by atoms with van der Waals surface area (Å²) in [6.45, 7) is 1.99. The first-order valence-electron chi connectivity index (χ1n) is 9.69. The Morgan fingerprint density at radius 1 is 1.27 bits per heavy atom. The van der Waals surface area contributed by atoms with Gasteiger partial charge in [-0.3, -0.25) is 14.9 Å². The number of imide groups is 1. The molecular weight excluding hydrogens is 404 g/mol. The Balaban J connectivity index is 1.59. The standard InChI is InChI=1S/C21H19ClN6O2/c1-11-2-3-14(22)8-16(11)25-17-9-18(24-15-4-5-15)28-20(26-17)13(10-23-28)6-12-7-19(29)27-21(12)30/h2-3,6,8-10,15,24H,4-5,7H2,1H3,(H,25,26)(H,27,29,30)/b12-6+. The van der Waals surface area contributed by atoms with Crippen LogP contribution in [0.25, 0.3) is 11.7 Å². The molecule has 3 heterocycles. The van der Waals surface area contributed by atoms with Gasteiger partial charge in [0.05, 0.1) is 12.6 Å². The van der Waals surface area contributed by atoms with Gasteiger partial charge in [-0.25, -0.2) is 4.98 Å². The number of benzene rings is 1. The van der Waals surface area contributed by atoms with Crippen LogP contribution in [0.2, 0.25) is 5.02 Å². The number of fused-ring (bicyclic) bond motifs is 1. The smallest absolute Gasteiger partial charge is 0.254 e. The summed E-state index contributed by atoms with van der Waals surface area (Å²) in [5.41, 5.74) is 3.55. The zero-order chi connectivity index (χ0) is 20.8. The van der Waals surface area contributed by atoms with Crippen molar-refractivity contribution < 1.29 is 9.59 Å². The zero-order valence-electron chi connectivity index (χ0n) is 16.2. The topological polar surface area (TPSA) is 100 Å². The molecule has 30 heavy (non-hydrogen) atoms. The van der Waals surface area contributed by atoms with E-state index in [0.29, 0.717) is 33.7 Å². The van der Waals surface area contributed by atoms with E-state index in [-0.39, 0.29) is 18.2 Å². The van der Waals surface area contributed by atoms with Crippen LogP contribution in [0, 0.1) is 6.92 Å². The number of amides is 2. The van der Waals surface area contributed by atoms with Gasteiger partial charge in [0, 0.05) is 34.0 Å². The molecule has 1 saturated heterocycles. The summed E-state index contributed by atoms with van der Waals surface area (Å²) in [6.07, 6.45) is 5.60. The van der Waals surface area contributed by atoms with E-state index in [1.807, 2.05) is 31.2 Å². The zero-order valence-corrected chi connectivity index (χ0v) is 17.0. The maximum atomic E-state index is 12.0. The Morgan fingerprint density at radius 3 is 2.83 bits per heavy atom. The van der Waals surface area contributed by atoms with Crippen molar-refractivity contribution in [3.05, 3.63) is 52.2 Å². The molecule has 2 fully saturated rings. The summed E-state index contributed by atoms with van der Waals surface area (Å²) in [5.74, 6) is 0.759. The third-order valence-corrected chi connectivity index (χ3v) is 5.35. The monoisotopic (exact) mass is 422 g/mol. The molecule has 2 aliphatic rings. The van der Waals surface area contributed by atoms with Crippen LogP contribution in [0.1, 0.15) is 30.4 Å². The van der Waals surface area contributed by atoms with Crippen molar-refractivity contribution in [3.8, 4) is 0 Å². The Bertz CT molecular complexity index is 1230. The number of aromatic nitrogens is 3. The summed E-state index contributed by atoms with van der Waals surface area (Å²) < 4.78 is 1.72. The summed E-state index contributed by atoms with van der Waals surface area (Å²) in [4.78, 5) is 28.2. The van der Waals surface area contributed by atoms with E-state index in [4.69, 9.17) is 16.6 Å².